The molecule has 1 N–H and O–H groups in total. The van der Waals surface area contributed by atoms with E-state index in [1.54, 1.807) is 6.26 Å². The van der Waals surface area contributed by atoms with Gasteiger partial charge in [-0.15, -0.1) is 0 Å². The molecule has 21 heavy (non-hydrogen) atoms. The van der Waals surface area contributed by atoms with Crippen LogP contribution < -0.4 is 5.32 Å². The molecule has 1 heterocycles. The normalized spacial score (nSPS) is 14.4. The first-order valence-corrected chi connectivity index (χ1v) is 7.37. The van der Waals surface area contributed by atoms with Crippen LogP contribution in [-0.4, -0.2) is 37.0 Å². The Kier molecular flexibility index (Phi) is 4.06. The highest BCUT2D eigenvalue weighted by atomic mass is 16.3. The standard InChI is InChI=1S/C17H20N2O2/c1-19(14-7-8-14)11-10-18-17(20)16-15(9-12-21-16)13-5-3-2-4-6-13/h2-6,9,12,14H,7-8,10-11H2,1H3,(H,18,20). The Bertz CT molecular complexity index is 602. The van der Waals surface area contributed by atoms with Crippen LogP contribution >= 0.6 is 0 Å². The molecule has 0 aliphatic heterocycles. The summed E-state index contributed by atoms with van der Waals surface area (Å²) in [6.07, 6.45) is 4.12. The van der Waals surface area contributed by atoms with Crippen LogP contribution in [0, 0.1) is 0 Å². The largest absolute Gasteiger partial charge is 0.459 e. The maximum Gasteiger partial charge on any atom is 0.287 e. The van der Waals surface area contributed by atoms with E-state index in [4.69, 9.17) is 4.42 Å². The van der Waals surface area contributed by atoms with Gasteiger partial charge < -0.3 is 14.6 Å². The minimum atomic E-state index is -0.150. The zero-order valence-electron chi connectivity index (χ0n) is 12.2. The molecule has 4 nitrogen and oxygen atoms in total. The van der Waals surface area contributed by atoms with Crippen molar-refractivity contribution in [2.75, 3.05) is 20.1 Å². The third kappa shape index (κ3) is 3.34. The Morgan fingerprint density at radius 1 is 1.29 bits per heavy atom. The quantitative estimate of drug-likeness (QED) is 0.887. The van der Waals surface area contributed by atoms with Crippen molar-refractivity contribution in [1.82, 2.24) is 10.2 Å². The van der Waals surface area contributed by atoms with Gasteiger partial charge in [0.15, 0.2) is 5.76 Å². The van der Waals surface area contributed by atoms with Crippen molar-refractivity contribution in [2.45, 2.75) is 18.9 Å². The van der Waals surface area contributed by atoms with Gasteiger partial charge in [0.2, 0.25) is 0 Å². The summed E-state index contributed by atoms with van der Waals surface area (Å²) in [4.78, 5) is 14.5. The molecule has 3 rings (SSSR count). The minimum Gasteiger partial charge on any atom is -0.459 e. The van der Waals surface area contributed by atoms with Gasteiger partial charge in [-0.1, -0.05) is 30.3 Å². The van der Waals surface area contributed by atoms with Crippen LogP contribution in [0.2, 0.25) is 0 Å². The average Bonchev–Trinajstić information content (AvgIpc) is 3.25. The van der Waals surface area contributed by atoms with Crippen molar-refractivity contribution < 1.29 is 9.21 Å². The molecule has 1 saturated carbocycles. The molecular formula is C17H20N2O2. The van der Waals surface area contributed by atoms with Crippen molar-refractivity contribution in [3.63, 3.8) is 0 Å². The van der Waals surface area contributed by atoms with Crippen LogP contribution in [0.1, 0.15) is 23.4 Å². The number of rotatable bonds is 6. The highest BCUT2D eigenvalue weighted by Crippen LogP contribution is 2.25. The van der Waals surface area contributed by atoms with E-state index in [1.807, 2.05) is 36.4 Å². The first-order chi connectivity index (χ1) is 10.3. The van der Waals surface area contributed by atoms with E-state index in [9.17, 15) is 4.79 Å². The summed E-state index contributed by atoms with van der Waals surface area (Å²) < 4.78 is 5.37. The van der Waals surface area contributed by atoms with E-state index >= 15 is 0 Å². The molecule has 1 aliphatic carbocycles. The monoisotopic (exact) mass is 284 g/mol. The molecule has 4 heteroatoms. The number of hydrogen-bond donors (Lipinski definition) is 1. The van der Waals surface area contributed by atoms with Gasteiger partial charge in [-0.3, -0.25) is 4.79 Å². The number of furan rings is 1. The topological polar surface area (TPSA) is 45.5 Å². The summed E-state index contributed by atoms with van der Waals surface area (Å²) in [5.41, 5.74) is 1.83. The summed E-state index contributed by atoms with van der Waals surface area (Å²) in [5, 5.41) is 2.93. The average molecular weight is 284 g/mol. The number of nitrogens with one attached hydrogen (secondary N) is 1. The molecule has 0 atom stereocenters. The number of nitrogens with zero attached hydrogens (tertiary/aromatic N) is 1. The molecule has 2 aromatic rings. The van der Waals surface area contributed by atoms with Crippen LogP contribution in [0.15, 0.2) is 47.1 Å². The van der Waals surface area contributed by atoms with E-state index in [0.29, 0.717) is 18.3 Å². The summed E-state index contributed by atoms with van der Waals surface area (Å²) in [5.74, 6) is 0.235. The third-order valence-electron chi connectivity index (χ3n) is 3.88. The van der Waals surface area contributed by atoms with Gasteiger partial charge >= 0.3 is 0 Å². The first kappa shape index (κ1) is 13.9. The van der Waals surface area contributed by atoms with Gasteiger partial charge in [0, 0.05) is 24.7 Å². The van der Waals surface area contributed by atoms with Crippen LogP contribution in [0.4, 0.5) is 0 Å². The molecule has 1 aromatic carbocycles. The lowest BCUT2D eigenvalue weighted by Gasteiger charge is -2.15. The fourth-order valence-electron chi connectivity index (χ4n) is 2.45. The SMILES string of the molecule is CN(CCNC(=O)c1occc1-c1ccccc1)C1CC1. The zero-order valence-corrected chi connectivity index (χ0v) is 12.2. The van der Waals surface area contributed by atoms with Crippen molar-refractivity contribution in [1.29, 1.82) is 0 Å². The van der Waals surface area contributed by atoms with E-state index in [1.165, 1.54) is 12.8 Å². The second-order valence-electron chi connectivity index (χ2n) is 5.50. The predicted molar refractivity (Wildman–Crippen MR) is 82.1 cm³/mol. The summed E-state index contributed by atoms with van der Waals surface area (Å²) >= 11 is 0. The number of likely N-dealkylation sites (N-methyl/N-ethyl adjacent to an activating group) is 1. The maximum atomic E-state index is 12.2. The number of hydrogen-bond acceptors (Lipinski definition) is 3. The number of carbonyl (C=O) groups is 1. The van der Waals surface area contributed by atoms with E-state index in [2.05, 4.69) is 17.3 Å². The lowest BCUT2D eigenvalue weighted by molar-refractivity contribution is 0.0922. The fraction of sp³-hybridized carbons (Fsp3) is 0.353. The number of amides is 1. The van der Waals surface area contributed by atoms with Gasteiger partial charge in [0.1, 0.15) is 0 Å². The Hall–Kier alpha value is -2.07. The smallest absolute Gasteiger partial charge is 0.287 e. The molecule has 1 aliphatic rings. The van der Waals surface area contributed by atoms with Gasteiger partial charge in [-0.2, -0.15) is 0 Å². The Labute approximate surface area is 124 Å². The molecule has 110 valence electrons. The lowest BCUT2D eigenvalue weighted by Crippen LogP contribution is -2.34. The maximum absolute atomic E-state index is 12.2. The van der Waals surface area contributed by atoms with Crippen LogP contribution in [0.5, 0.6) is 0 Å². The lowest BCUT2D eigenvalue weighted by atomic mass is 10.1. The Morgan fingerprint density at radius 3 is 2.76 bits per heavy atom. The Morgan fingerprint density at radius 2 is 2.05 bits per heavy atom. The molecule has 1 fully saturated rings. The summed E-state index contributed by atoms with van der Waals surface area (Å²) in [6, 6.07) is 12.4. The van der Waals surface area contributed by atoms with Crippen molar-refractivity contribution in [3.05, 3.63) is 48.4 Å². The van der Waals surface area contributed by atoms with Crippen LogP contribution in [0.25, 0.3) is 11.1 Å². The van der Waals surface area contributed by atoms with Crippen LogP contribution in [0.3, 0.4) is 0 Å². The second kappa shape index (κ2) is 6.14. The van der Waals surface area contributed by atoms with Gasteiger partial charge in [-0.25, -0.2) is 0 Å². The van der Waals surface area contributed by atoms with Crippen molar-refractivity contribution in [2.24, 2.45) is 0 Å². The third-order valence-corrected chi connectivity index (χ3v) is 3.88. The van der Waals surface area contributed by atoms with Crippen molar-refractivity contribution in [3.8, 4) is 11.1 Å². The van der Waals surface area contributed by atoms with Crippen LogP contribution in [-0.2, 0) is 0 Å². The highest BCUT2D eigenvalue weighted by molar-refractivity contribution is 5.98. The van der Waals surface area contributed by atoms with E-state index < -0.39 is 0 Å². The molecular weight excluding hydrogens is 264 g/mol. The molecule has 0 bridgehead atoms. The molecule has 1 aromatic heterocycles. The number of benzene rings is 1. The minimum absolute atomic E-state index is 0.150. The molecule has 0 unspecified atom stereocenters. The first-order valence-electron chi connectivity index (χ1n) is 7.37. The van der Waals surface area contributed by atoms with E-state index in [0.717, 1.165) is 17.7 Å². The summed E-state index contributed by atoms with van der Waals surface area (Å²) in [6.45, 7) is 1.51. The second-order valence-corrected chi connectivity index (χ2v) is 5.50. The number of carbonyl (C=O) groups excluding carboxylic acids is 1. The summed E-state index contributed by atoms with van der Waals surface area (Å²) in [7, 11) is 2.10. The molecule has 0 spiro atoms. The molecule has 0 saturated heterocycles. The van der Waals surface area contributed by atoms with Crippen molar-refractivity contribution >= 4 is 5.91 Å². The zero-order chi connectivity index (χ0) is 14.7. The fourth-order valence-corrected chi connectivity index (χ4v) is 2.45. The van der Waals surface area contributed by atoms with E-state index in [-0.39, 0.29) is 5.91 Å². The van der Waals surface area contributed by atoms with Gasteiger partial charge in [0.25, 0.3) is 5.91 Å². The molecule has 0 radical (unpaired) electrons. The van der Waals surface area contributed by atoms with Gasteiger partial charge in [0.05, 0.1) is 6.26 Å². The predicted octanol–water partition coefficient (Wildman–Crippen LogP) is 2.77. The highest BCUT2D eigenvalue weighted by Gasteiger charge is 2.25. The van der Waals surface area contributed by atoms with Gasteiger partial charge in [-0.05, 0) is 31.5 Å². The Balaban J connectivity index is 1.61. The molecule has 1 amide bonds.